The van der Waals surface area contributed by atoms with Crippen molar-refractivity contribution in [2.45, 2.75) is 19.9 Å². The third-order valence-electron chi connectivity index (χ3n) is 3.11. The van der Waals surface area contributed by atoms with Crippen LogP contribution in [0.1, 0.15) is 18.2 Å². The van der Waals surface area contributed by atoms with Crippen molar-refractivity contribution in [3.8, 4) is 5.75 Å². The van der Waals surface area contributed by atoms with Crippen LogP contribution in [0.25, 0.3) is 0 Å². The van der Waals surface area contributed by atoms with Gasteiger partial charge in [0.05, 0.1) is 13.2 Å². The minimum atomic E-state index is 0.433. The number of guanidine groups is 1. The molecule has 5 nitrogen and oxygen atoms in total. The lowest BCUT2D eigenvalue weighted by molar-refractivity contribution is 0.336. The Morgan fingerprint density at radius 3 is 2.82 bits per heavy atom. The highest BCUT2D eigenvalue weighted by atomic mass is 16.5. The molecule has 1 heterocycles. The number of hydrogen-bond acceptors (Lipinski definition) is 3. The van der Waals surface area contributed by atoms with Crippen molar-refractivity contribution < 1.29 is 4.74 Å². The maximum atomic E-state index is 5.89. The molecule has 0 radical (unpaired) electrons. The van der Waals surface area contributed by atoms with Gasteiger partial charge in [0.25, 0.3) is 0 Å². The van der Waals surface area contributed by atoms with Crippen LogP contribution in [0.15, 0.2) is 53.7 Å². The Bertz CT molecular complexity index is 599. The molecule has 3 N–H and O–H groups in total. The summed E-state index contributed by atoms with van der Waals surface area (Å²) in [5.41, 5.74) is 7.95. The summed E-state index contributed by atoms with van der Waals surface area (Å²) in [6.07, 6.45) is 2.60. The first-order valence-electron chi connectivity index (χ1n) is 7.44. The molecule has 5 heteroatoms. The van der Waals surface area contributed by atoms with Crippen molar-refractivity contribution in [2.75, 3.05) is 13.2 Å². The monoisotopic (exact) mass is 298 g/mol. The van der Waals surface area contributed by atoms with Crippen molar-refractivity contribution in [1.29, 1.82) is 0 Å². The molecule has 1 aromatic heterocycles. The number of nitrogens with one attached hydrogen (secondary N) is 1. The molecule has 0 saturated carbocycles. The van der Waals surface area contributed by atoms with Gasteiger partial charge in [0.15, 0.2) is 5.96 Å². The van der Waals surface area contributed by atoms with Crippen LogP contribution in [-0.2, 0) is 13.0 Å². The van der Waals surface area contributed by atoms with Crippen LogP contribution in [0.4, 0.5) is 0 Å². The predicted molar refractivity (Wildman–Crippen MR) is 88.9 cm³/mol. The van der Waals surface area contributed by atoms with Crippen LogP contribution in [0, 0.1) is 0 Å². The molecule has 0 aliphatic rings. The van der Waals surface area contributed by atoms with Crippen molar-refractivity contribution in [2.24, 2.45) is 10.7 Å². The van der Waals surface area contributed by atoms with Crippen molar-refractivity contribution >= 4 is 5.96 Å². The van der Waals surface area contributed by atoms with E-state index in [0.717, 1.165) is 23.4 Å². The van der Waals surface area contributed by atoms with Gasteiger partial charge in [-0.2, -0.15) is 0 Å². The van der Waals surface area contributed by atoms with Crippen LogP contribution < -0.4 is 15.8 Å². The summed E-state index contributed by atoms with van der Waals surface area (Å²) >= 11 is 0. The molecule has 0 amide bonds. The zero-order valence-corrected chi connectivity index (χ0v) is 12.8. The first-order valence-corrected chi connectivity index (χ1v) is 7.44. The molecule has 0 spiro atoms. The van der Waals surface area contributed by atoms with Crippen LogP contribution in [0.3, 0.4) is 0 Å². The maximum absolute atomic E-state index is 5.89. The molecule has 0 aliphatic heterocycles. The van der Waals surface area contributed by atoms with Crippen molar-refractivity contribution in [3.63, 3.8) is 0 Å². The molecular weight excluding hydrogens is 276 g/mol. The van der Waals surface area contributed by atoms with Gasteiger partial charge in [-0.3, -0.25) is 4.98 Å². The summed E-state index contributed by atoms with van der Waals surface area (Å²) < 4.78 is 5.57. The highest BCUT2D eigenvalue weighted by molar-refractivity contribution is 5.77. The number of nitrogens with zero attached hydrogens (tertiary/aromatic N) is 2. The summed E-state index contributed by atoms with van der Waals surface area (Å²) in [7, 11) is 0. The predicted octanol–water partition coefficient (Wildman–Crippen LogP) is 2.13. The molecule has 1 aromatic carbocycles. The van der Waals surface area contributed by atoms with Crippen molar-refractivity contribution in [1.82, 2.24) is 10.3 Å². The number of rotatable bonds is 7. The average molecular weight is 298 g/mol. The SMILES string of the molecule is CCOc1ccccc1CN=C(N)NCCc1ccccn1. The second-order valence-electron chi connectivity index (χ2n) is 4.74. The third kappa shape index (κ3) is 5.09. The van der Waals surface area contributed by atoms with Gasteiger partial charge in [0, 0.05) is 30.4 Å². The minimum absolute atomic E-state index is 0.433. The van der Waals surface area contributed by atoms with Gasteiger partial charge >= 0.3 is 0 Å². The molecule has 2 aromatic rings. The van der Waals surface area contributed by atoms with Crippen LogP contribution in [-0.4, -0.2) is 24.1 Å². The van der Waals surface area contributed by atoms with Gasteiger partial charge in [-0.25, -0.2) is 4.99 Å². The molecule has 0 saturated heterocycles. The van der Waals surface area contributed by atoms with Gasteiger partial charge in [-0.1, -0.05) is 24.3 Å². The lowest BCUT2D eigenvalue weighted by atomic mass is 10.2. The van der Waals surface area contributed by atoms with E-state index in [1.165, 1.54) is 0 Å². The summed E-state index contributed by atoms with van der Waals surface area (Å²) in [6, 6.07) is 13.7. The molecule has 0 bridgehead atoms. The van der Waals surface area contributed by atoms with Gasteiger partial charge < -0.3 is 15.8 Å². The average Bonchev–Trinajstić information content (AvgIpc) is 2.55. The summed E-state index contributed by atoms with van der Waals surface area (Å²) in [6.45, 7) is 3.81. The van der Waals surface area contributed by atoms with E-state index in [4.69, 9.17) is 10.5 Å². The molecule has 0 fully saturated rings. The van der Waals surface area contributed by atoms with Crippen LogP contribution >= 0.6 is 0 Å². The number of ether oxygens (including phenoxy) is 1. The van der Waals surface area contributed by atoms with E-state index in [-0.39, 0.29) is 0 Å². The zero-order chi connectivity index (χ0) is 15.6. The fraction of sp³-hybridized carbons (Fsp3) is 0.294. The highest BCUT2D eigenvalue weighted by Gasteiger charge is 2.01. The smallest absolute Gasteiger partial charge is 0.188 e. The number of nitrogens with two attached hydrogens (primary N) is 1. The molecule has 22 heavy (non-hydrogen) atoms. The van der Waals surface area contributed by atoms with Crippen molar-refractivity contribution in [3.05, 3.63) is 59.9 Å². The standard InChI is InChI=1S/C17H22N4O/c1-2-22-16-9-4-3-7-14(16)13-21-17(18)20-12-10-15-8-5-6-11-19-15/h3-9,11H,2,10,12-13H2,1H3,(H3,18,20,21). The van der Waals surface area contributed by atoms with E-state index in [9.17, 15) is 0 Å². The first-order chi connectivity index (χ1) is 10.8. The second kappa shape index (κ2) is 8.67. The van der Waals surface area contributed by atoms with Crippen LogP contribution in [0.2, 0.25) is 0 Å². The molecule has 0 atom stereocenters. The number of hydrogen-bond donors (Lipinski definition) is 2. The Kier molecular flexibility index (Phi) is 6.23. The summed E-state index contributed by atoms with van der Waals surface area (Å²) in [5, 5.41) is 3.10. The maximum Gasteiger partial charge on any atom is 0.188 e. The van der Waals surface area contributed by atoms with E-state index >= 15 is 0 Å². The number of para-hydroxylation sites is 1. The molecule has 0 unspecified atom stereocenters. The largest absolute Gasteiger partial charge is 0.494 e. The number of aromatic nitrogens is 1. The van der Waals surface area contributed by atoms with E-state index in [0.29, 0.717) is 25.7 Å². The third-order valence-corrected chi connectivity index (χ3v) is 3.11. The lowest BCUT2D eigenvalue weighted by Crippen LogP contribution is -2.33. The quantitative estimate of drug-likeness (QED) is 0.607. The zero-order valence-electron chi connectivity index (χ0n) is 12.8. The van der Waals surface area contributed by atoms with E-state index in [2.05, 4.69) is 15.3 Å². The van der Waals surface area contributed by atoms with Gasteiger partial charge in [0.1, 0.15) is 5.75 Å². The molecular formula is C17H22N4O. The molecule has 2 rings (SSSR count). The summed E-state index contributed by atoms with van der Waals surface area (Å²) in [5.74, 6) is 1.29. The van der Waals surface area contributed by atoms with E-state index in [1.807, 2.05) is 49.4 Å². The Morgan fingerprint density at radius 1 is 1.23 bits per heavy atom. The fourth-order valence-electron chi connectivity index (χ4n) is 2.02. The lowest BCUT2D eigenvalue weighted by Gasteiger charge is -2.09. The van der Waals surface area contributed by atoms with Crippen LogP contribution in [0.5, 0.6) is 5.75 Å². The van der Waals surface area contributed by atoms with E-state index < -0.39 is 0 Å². The Morgan fingerprint density at radius 2 is 2.05 bits per heavy atom. The highest BCUT2D eigenvalue weighted by Crippen LogP contribution is 2.18. The normalized spacial score (nSPS) is 11.2. The minimum Gasteiger partial charge on any atom is -0.494 e. The molecule has 116 valence electrons. The number of benzene rings is 1. The van der Waals surface area contributed by atoms with Gasteiger partial charge in [-0.15, -0.1) is 0 Å². The second-order valence-corrected chi connectivity index (χ2v) is 4.74. The first kappa shape index (κ1) is 15.8. The topological polar surface area (TPSA) is 72.5 Å². The fourth-order valence-corrected chi connectivity index (χ4v) is 2.02. The van der Waals surface area contributed by atoms with Gasteiger partial charge in [0.2, 0.25) is 0 Å². The Labute approximate surface area is 131 Å². The Balaban J connectivity index is 1.82. The molecule has 0 aliphatic carbocycles. The summed E-state index contributed by atoms with van der Waals surface area (Å²) in [4.78, 5) is 8.62. The number of pyridine rings is 1. The Hall–Kier alpha value is -2.56. The van der Waals surface area contributed by atoms with E-state index in [1.54, 1.807) is 6.20 Å². The number of aliphatic imine (C=N–C) groups is 1. The van der Waals surface area contributed by atoms with Gasteiger partial charge in [-0.05, 0) is 25.1 Å².